The van der Waals surface area contributed by atoms with Crippen molar-refractivity contribution in [2.75, 3.05) is 26.2 Å². The maximum absolute atomic E-state index is 3.64. The minimum Gasteiger partial charge on any atom is -0.312 e. The summed E-state index contributed by atoms with van der Waals surface area (Å²) in [7, 11) is 0. The molecule has 0 spiro atoms. The van der Waals surface area contributed by atoms with Crippen molar-refractivity contribution in [3.05, 3.63) is 0 Å². The largest absolute Gasteiger partial charge is 0.312 e. The monoisotopic (exact) mass is 254 g/mol. The van der Waals surface area contributed by atoms with Crippen molar-refractivity contribution in [3.63, 3.8) is 0 Å². The summed E-state index contributed by atoms with van der Waals surface area (Å²) < 4.78 is 0. The van der Waals surface area contributed by atoms with Gasteiger partial charge in [0.2, 0.25) is 0 Å². The Labute approximate surface area is 115 Å². The van der Waals surface area contributed by atoms with Crippen molar-refractivity contribution in [1.82, 2.24) is 10.2 Å². The molecule has 108 valence electrons. The van der Waals surface area contributed by atoms with Crippen molar-refractivity contribution >= 4 is 0 Å². The fourth-order valence-corrected chi connectivity index (χ4v) is 2.36. The van der Waals surface area contributed by atoms with Gasteiger partial charge >= 0.3 is 0 Å². The summed E-state index contributed by atoms with van der Waals surface area (Å²) in [6.45, 7) is 18.9. The molecule has 1 rings (SSSR count). The van der Waals surface area contributed by atoms with Crippen LogP contribution in [0.5, 0.6) is 0 Å². The summed E-state index contributed by atoms with van der Waals surface area (Å²) >= 11 is 0. The molecule has 2 heteroatoms. The standard InChI is InChI=1S/C16H34N2/c1-15(2,3)9-12-18-10-7-14(8-11-18)13-17-16(4,5)6/h14,17H,7-13H2,1-6H3. The molecule has 1 heterocycles. The zero-order valence-electron chi connectivity index (χ0n) is 13.5. The number of nitrogens with one attached hydrogen (secondary N) is 1. The van der Waals surface area contributed by atoms with Crippen molar-refractivity contribution in [2.24, 2.45) is 11.3 Å². The van der Waals surface area contributed by atoms with Crippen LogP contribution in [-0.2, 0) is 0 Å². The lowest BCUT2D eigenvalue weighted by molar-refractivity contribution is 0.158. The Morgan fingerprint density at radius 3 is 2.00 bits per heavy atom. The van der Waals surface area contributed by atoms with Gasteiger partial charge in [-0.3, -0.25) is 0 Å². The molecule has 1 aliphatic heterocycles. The van der Waals surface area contributed by atoms with Crippen LogP contribution in [0.4, 0.5) is 0 Å². The van der Waals surface area contributed by atoms with E-state index < -0.39 is 0 Å². The molecule has 1 fully saturated rings. The summed E-state index contributed by atoms with van der Waals surface area (Å²) in [5.41, 5.74) is 0.744. The number of nitrogens with zero attached hydrogens (tertiary/aromatic N) is 1. The van der Waals surface area contributed by atoms with Crippen molar-refractivity contribution < 1.29 is 0 Å². The van der Waals surface area contributed by atoms with Gasteiger partial charge in [-0.2, -0.15) is 0 Å². The number of piperidine rings is 1. The summed E-state index contributed by atoms with van der Waals surface area (Å²) in [6, 6.07) is 0. The molecule has 1 aliphatic rings. The van der Waals surface area contributed by atoms with E-state index in [2.05, 4.69) is 51.8 Å². The molecule has 0 aromatic rings. The van der Waals surface area contributed by atoms with Crippen LogP contribution < -0.4 is 5.32 Å². The van der Waals surface area contributed by atoms with Gasteiger partial charge in [-0.15, -0.1) is 0 Å². The van der Waals surface area contributed by atoms with Gasteiger partial charge in [0.05, 0.1) is 0 Å². The van der Waals surface area contributed by atoms with Crippen LogP contribution in [0.25, 0.3) is 0 Å². The first-order valence-electron chi connectivity index (χ1n) is 7.63. The zero-order chi connectivity index (χ0) is 13.8. The lowest BCUT2D eigenvalue weighted by atomic mass is 9.90. The minimum atomic E-state index is 0.267. The first kappa shape index (κ1) is 16.0. The number of likely N-dealkylation sites (tertiary alicyclic amines) is 1. The third kappa shape index (κ3) is 7.38. The molecule has 0 atom stereocenters. The van der Waals surface area contributed by atoms with Gasteiger partial charge in [0, 0.05) is 5.54 Å². The second kappa shape index (κ2) is 6.38. The molecule has 1 saturated heterocycles. The van der Waals surface area contributed by atoms with Crippen LogP contribution >= 0.6 is 0 Å². The van der Waals surface area contributed by atoms with Gasteiger partial charge in [0.25, 0.3) is 0 Å². The highest BCUT2D eigenvalue weighted by Gasteiger charge is 2.21. The number of hydrogen-bond donors (Lipinski definition) is 1. The van der Waals surface area contributed by atoms with E-state index in [9.17, 15) is 0 Å². The lowest BCUT2D eigenvalue weighted by Gasteiger charge is -2.35. The molecule has 2 nitrogen and oxygen atoms in total. The van der Waals surface area contributed by atoms with E-state index in [1.165, 1.54) is 45.4 Å². The fourth-order valence-electron chi connectivity index (χ4n) is 2.36. The van der Waals surface area contributed by atoms with Crippen molar-refractivity contribution in [1.29, 1.82) is 0 Å². The second-order valence-corrected chi connectivity index (χ2v) is 8.23. The molecule has 0 amide bonds. The first-order chi connectivity index (χ1) is 8.16. The van der Waals surface area contributed by atoms with Crippen molar-refractivity contribution in [3.8, 4) is 0 Å². The summed E-state index contributed by atoms with van der Waals surface area (Å²) in [5, 5.41) is 3.64. The van der Waals surface area contributed by atoms with Crippen LogP contribution in [0, 0.1) is 11.3 Å². The Balaban J connectivity index is 2.17. The van der Waals surface area contributed by atoms with Gasteiger partial charge in [-0.25, -0.2) is 0 Å². The van der Waals surface area contributed by atoms with E-state index in [1.807, 2.05) is 0 Å². The van der Waals surface area contributed by atoms with Crippen LogP contribution in [-0.4, -0.2) is 36.6 Å². The van der Waals surface area contributed by atoms with Gasteiger partial charge in [-0.1, -0.05) is 20.8 Å². The lowest BCUT2D eigenvalue weighted by Crippen LogP contribution is -2.43. The van der Waals surface area contributed by atoms with E-state index >= 15 is 0 Å². The Hall–Kier alpha value is -0.0800. The van der Waals surface area contributed by atoms with Gasteiger partial charge in [0.15, 0.2) is 0 Å². The smallest absolute Gasteiger partial charge is 0.00966 e. The molecule has 0 unspecified atom stereocenters. The molecule has 0 aromatic heterocycles. The topological polar surface area (TPSA) is 15.3 Å². The van der Waals surface area contributed by atoms with Gasteiger partial charge in [0.1, 0.15) is 0 Å². The average Bonchev–Trinajstić information content (AvgIpc) is 2.23. The molecule has 0 radical (unpaired) electrons. The summed E-state index contributed by atoms with van der Waals surface area (Å²) in [4.78, 5) is 2.65. The van der Waals surface area contributed by atoms with Crippen LogP contribution in [0.3, 0.4) is 0 Å². The van der Waals surface area contributed by atoms with E-state index in [0.717, 1.165) is 5.92 Å². The number of hydrogen-bond acceptors (Lipinski definition) is 2. The maximum Gasteiger partial charge on any atom is 0.00966 e. The van der Waals surface area contributed by atoms with Gasteiger partial charge < -0.3 is 10.2 Å². The molecule has 18 heavy (non-hydrogen) atoms. The minimum absolute atomic E-state index is 0.267. The SMILES string of the molecule is CC(C)(C)CCN1CCC(CNC(C)(C)C)CC1. The molecule has 0 saturated carbocycles. The highest BCUT2D eigenvalue weighted by Crippen LogP contribution is 2.22. The molecule has 1 N–H and O–H groups in total. The molecular formula is C16H34N2. The van der Waals surface area contributed by atoms with E-state index in [1.54, 1.807) is 0 Å². The predicted molar refractivity (Wildman–Crippen MR) is 81.0 cm³/mol. The fraction of sp³-hybridized carbons (Fsp3) is 1.00. The zero-order valence-corrected chi connectivity index (χ0v) is 13.5. The molecule has 0 bridgehead atoms. The molecular weight excluding hydrogens is 220 g/mol. The Morgan fingerprint density at radius 1 is 1.00 bits per heavy atom. The average molecular weight is 254 g/mol. The second-order valence-electron chi connectivity index (χ2n) is 8.23. The van der Waals surface area contributed by atoms with Gasteiger partial charge in [-0.05, 0) is 77.5 Å². The third-order valence-electron chi connectivity index (χ3n) is 3.81. The van der Waals surface area contributed by atoms with E-state index in [4.69, 9.17) is 0 Å². The quantitative estimate of drug-likeness (QED) is 0.826. The molecule has 0 aliphatic carbocycles. The molecule has 0 aromatic carbocycles. The summed E-state index contributed by atoms with van der Waals surface area (Å²) in [5.74, 6) is 0.884. The highest BCUT2D eigenvalue weighted by molar-refractivity contribution is 4.78. The Bertz CT molecular complexity index is 200. The van der Waals surface area contributed by atoms with Crippen molar-refractivity contribution in [2.45, 2.75) is 66.3 Å². The summed E-state index contributed by atoms with van der Waals surface area (Å²) in [6.07, 6.45) is 4.05. The van der Waals surface area contributed by atoms with E-state index in [0.29, 0.717) is 5.41 Å². The Morgan fingerprint density at radius 2 is 1.56 bits per heavy atom. The highest BCUT2D eigenvalue weighted by atomic mass is 15.1. The third-order valence-corrected chi connectivity index (χ3v) is 3.81. The Kier molecular flexibility index (Phi) is 5.67. The van der Waals surface area contributed by atoms with E-state index in [-0.39, 0.29) is 5.54 Å². The number of rotatable bonds is 4. The maximum atomic E-state index is 3.64. The first-order valence-corrected chi connectivity index (χ1v) is 7.63. The normalized spacial score (nSPS) is 20.3. The van der Waals surface area contributed by atoms with Crippen LogP contribution in [0.2, 0.25) is 0 Å². The van der Waals surface area contributed by atoms with Crippen LogP contribution in [0.1, 0.15) is 60.8 Å². The predicted octanol–water partition coefficient (Wildman–Crippen LogP) is 3.52. The van der Waals surface area contributed by atoms with Crippen LogP contribution in [0.15, 0.2) is 0 Å².